The lowest BCUT2D eigenvalue weighted by Gasteiger charge is -2.19. The van der Waals surface area contributed by atoms with Crippen molar-refractivity contribution in [1.29, 1.82) is 0 Å². The van der Waals surface area contributed by atoms with Gasteiger partial charge in [-0.25, -0.2) is 0 Å². The fourth-order valence-corrected chi connectivity index (χ4v) is 2.02. The molecule has 1 N–H and O–H groups in total. The molecule has 86 valence electrons. The number of benzene rings is 1. The van der Waals surface area contributed by atoms with Gasteiger partial charge in [0.25, 0.3) is 0 Å². The largest absolute Gasteiger partial charge is 0.496 e. The van der Waals surface area contributed by atoms with Gasteiger partial charge < -0.3 is 14.8 Å². The number of nitrogens with one attached hydrogen (secondary N) is 1. The van der Waals surface area contributed by atoms with Gasteiger partial charge in [0.05, 0.1) is 19.8 Å². The van der Waals surface area contributed by atoms with E-state index >= 15 is 0 Å². The molecule has 0 aliphatic carbocycles. The predicted octanol–water partition coefficient (Wildman–Crippen LogP) is 2.08. The van der Waals surface area contributed by atoms with Gasteiger partial charge >= 0.3 is 0 Å². The van der Waals surface area contributed by atoms with Crippen molar-refractivity contribution < 1.29 is 9.47 Å². The summed E-state index contributed by atoms with van der Waals surface area (Å²) in [6.45, 7) is 1.92. The normalized spacial score (nSPS) is 15.5. The second kappa shape index (κ2) is 5.03. The molecule has 3 nitrogen and oxygen atoms in total. The van der Waals surface area contributed by atoms with Crippen LogP contribution in [0, 0.1) is 0 Å². The second-order valence-corrected chi connectivity index (χ2v) is 3.72. The lowest BCUT2D eigenvalue weighted by molar-refractivity contribution is 0.391. The molecular formula is C13H17NO2. The SMILES string of the molecule is COc1cccc(OC)c1C1=CCNCC1. The number of rotatable bonds is 3. The summed E-state index contributed by atoms with van der Waals surface area (Å²) < 4.78 is 10.8. The fourth-order valence-electron chi connectivity index (χ4n) is 2.02. The van der Waals surface area contributed by atoms with E-state index in [2.05, 4.69) is 11.4 Å². The Labute approximate surface area is 96.1 Å². The summed E-state index contributed by atoms with van der Waals surface area (Å²) >= 11 is 0. The van der Waals surface area contributed by atoms with Gasteiger partial charge in [0, 0.05) is 6.54 Å². The van der Waals surface area contributed by atoms with Crippen LogP contribution in [0.4, 0.5) is 0 Å². The van der Waals surface area contributed by atoms with Gasteiger partial charge in [-0.2, -0.15) is 0 Å². The Balaban J connectivity index is 2.47. The molecule has 0 atom stereocenters. The average molecular weight is 219 g/mol. The smallest absolute Gasteiger partial charge is 0.130 e. The molecule has 1 aromatic rings. The second-order valence-electron chi connectivity index (χ2n) is 3.72. The van der Waals surface area contributed by atoms with Gasteiger partial charge in [0.15, 0.2) is 0 Å². The van der Waals surface area contributed by atoms with E-state index in [1.807, 2.05) is 18.2 Å². The van der Waals surface area contributed by atoms with Gasteiger partial charge in [0.2, 0.25) is 0 Å². The third-order valence-corrected chi connectivity index (χ3v) is 2.81. The van der Waals surface area contributed by atoms with Gasteiger partial charge in [-0.05, 0) is 30.7 Å². The lowest BCUT2D eigenvalue weighted by Crippen LogP contribution is -2.20. The highest BCUT2D eigenvalue weighted by molar-refractivity contribution is 5.76. The molecule has 1 aliphatic heterocycles. The highest BCUT2D eigenvalue weighted by Crippen LogP contribution is 2.36. The van der Waals surface area contributed by atoms with Crippen LogP contribution >= 0.6 is 0 Å². The first-order valence-electron chi connectivity index (χ1n) is 5.48. The minimum Gasteiger partial charge on any atom is -0.496 e. The van der Waals surface area contributed by atoms with Crippen molar-refractivity contribution in [3.8, 4) is 11.5 Å². The van der Waals surface area contributed by atoms with Crippen molar-refractivity contribution in [2.45, 2.75) is 6.42 Å². The van der Waals surface area contributed by atoms with Gasteiger partial charge in [-0.15, -0.1) is 0 Å². The average Bonchev–Trinajstić information content (AvgIpc) is 2.38. The summed E-state index contributed by atoms with van der Waals surface area (Å²) in [5, 5.41) is 3.30. The third-order valence-electron chi connectivity index (χ3n) is 2.81. The van der Waals surface area contributed by atoms with Crippen LogP contribution in [0.5, 0.6) is 11.5 Å². The van der Waals surface area contributed by atoms with Crippen molar-refractivity contribution in [1.82, 2.24) is 5.32 Å². The van der Waals surface area contributed by atoms with Gasteiger partial charge in [0.1, 0.15) is 11.5 Å². The van der Waals surface area contributed by atoms with Crippen molar-refractivity contribution in [2.75, 3.05) is 27.3 Å². The third kappa shape index (κ3) is 2.04. The molecular weight excluding hydrogens is 202 g/mol. The van der Waals surface area contributed by atoms with E-state index in [0.717, 1.165) is 36.6 Å². The first kappa shape index (κ1) is 11.0. The number of hydrogen-bond donors (Lipinski definition) is 1. The van der Waals surface area contributed by atoms with E-state index in [-0.39, 0.29) is 0 Å². The first-order valence-corrected chi connectivity index (χ1v) is 5.48. The van der Waals surface area contributed by atoms with E-state index in [4.69, 9.17) is 9.47 Å². The van der Waals surface area contributed by atoms with Crippen LogP contribution in [-0.4, -0.2) is 27.3 Å². The van der Waals surface area contributed by atoms with Gasteiger partial charge in [-0.1, -0.05) is 12.1 Å². The van der Waals surface area contributed by atoms with E-state index in [9.17, 15) is 0 Å². The van der Waals surface area contributed by atoms with Crippen LogP contribution in [0.15, 0.2) is 24.3 Å². The summed E-state index contributed by atoms with van der Waals surface area (Å²) in [6.07, 6.45) is 3.21. The maximum Gasteiger partial charge on any atom is 0.130 e. The summed E-state index contributed by atoms with van der Waals surface area (Å²) in [4.78, 5) is 0. The van der Waals surface area contributed by atoms with Crippen LogP contribution in [0.3, 0.4) is 0 Å². The van der Waals surface area contributed by atoms with Crippen LogP contribution < -0.4 is 14.8 Å². The van der Waals surface area contributed by atoms with Crippen LogP contribution in [0.1, 0.15) is 12.0 Å². The van der Waals surface area contributed by atoms with Crippen molar-refractivity contribution in [3.05, 3.63) is 29.8 Å². The molecule has 3 heteroatoms. The zero-order valence-corrected chi connectivity index (χ0v) is 9.75. The zero-order chi connectivity index (χ0) is 11.4. The predicted molar refractivity (Wildman–Crippen MR) is 65.0 cm³/mol. The Kier molecular flexibility index (Phi) is 3.47. The molecule has 0 radical (unpaired) electrons. The molecule has 0 fully saturated rings. The maximum atomic E-state index is 5.40. The quantitative estimate of drug-likeness (QED) is 0.844. The summed E-state index contributed by atoms with van der Waals surface area (Å²) in [5.41, 5.74) is 2.39. The van der Waals surface area contributed by atoms with Gasteiger partial charge in [-0.3, -0.25) is 0 Å². The van der Waals surface area contributed by atoms with E-state index in [1.165, 1.54) is 5.57 Å². The summed E-state index contributed by atoms with van der Waals surface area (Å²) in [5.74, 6) is 1.76. The molecule has 0 saturated carbocycles. The van der Waals surface area contributed by atoms with E-state index in [1.54, 1.807) is 14.2 Å². The van der Waals surface area contributed by atoms with Crippen LogP contribution in [0.25, 0.3) is 5.57 Å². The molecule has 16 heavy (non-hydrogen) atoms. The van der Waals surface area contributed by atoms with Crippen LogP contribution in [-0.2, 0) is 0 Å². The lowest BCUT2D eigenvalue weighted by atomic mass is 9.98. The van der Waals surface area contributed by atoms with Crippen molar-refractivity contribution in [2.24, 2.45) is 0 Å². The molecule has 0 bridgehead atoms. The molecule has 2 rings (SSSR count). The Morgan fingerprint density at radius 3 is 2.31 bits per heavy atom. The van der Waals surface area contributed by atoms with Crippen LogP contribution in [0.2, 0.25) is 0 Å². The molecule has 1 aliphatic rings. The Bertz CT molecular complexity index is 377. The van der Waals surface area contributed by atoms with Crippen molar-refractivity contribution in [3.63, 3.8) is 0 Å². The molecule has 1 heterocycles. The fraction of sp³-hybridized carbons (Fsp3) is 0.385. The van der Waals surface area contributed by atoms with E-state index in [0.29, 0.717) is 0 Å². The number of methoxy groups -OCH3 is 2. The molecule has 0 unspecified atom stereocenters. The summed E-state index contributed by atoms with van der Waals surface area (Å²) in [6, 6.07) is 5.89. The minimum absolute atomic E-state index is 0.882. The van der Waals surface area contributed by atoms with E-state index < -0.39 is 0 Å². The first-order chi connectivity index (χ1) is 7.86. The topological polar surface area (TPSA) is 30.5 Å². The zero-order valence-electron chi connectivity index (χ0n) is 9.75. The standard InChI is InChI=1S/C13H17NO2/c1-15-11-4-3-5-12(16-2)13(11)10-6-8-14-9-7-10/h3-6,14H,7-9H2,1-2H3. The number of ether oxygens (including phenoxy) is 2. The molecule has 0 saturated heterocycles. The highest BCUT2D eigenvalue weighted by Gasteiger charge is 2.15. The number of hydrogen-bond acceptors (Lipinski definition) is 3. The Morgan fingerprint density at radius 2 is 1.81 bits per heavy atom. The highest BCUT2D eigenvalue weighted by atomic mass is 16.5. The monoisotopic (exact) mass is 219 g/mol. The maximum absolute atomic E-state index is 5.40. The Morgan fingerprint density at radius 1 is 1.12 bits per heavy atom. The minimum atomic E-state index is 0.882. The van der Waals surface area contributed by atoms with Crippen molar-refractivity contribution >= 4 is 5.57 Å². The molecule has 0 spiro atoms. The Hall–Kier alpha value is -1.48. The summed E-state index contributed by atoms with van der Waals surface area (Å²) in [7, 11) is 3.39. The molecule has 0 aromatic heterocycles. The molecule has 1 aromatic carbocycles. The molecule has 0 amide bonds.